The largest absolute Gasteiger partial charge is 0.490 e. The van der Waals surface area contributed by atoms with Crippen molar-refractivity contribution in [3.63, 3.8) is 0 Å². The van der Waals surface area contributed by atoms with Crippen molar-refractivity contribution in [1.29, 1.82) is 0 Å². The third-order valence-electron chi connectivity index (χ3n) is 6.59. The Bertz CT molecular complexity index is 1240. The highest BCUT2D eigenvalue weighted by atomic mass is 19.4. The Labute approximate surface area is 234 Å². The highest BCUT2D eigenvalue weighted by Crippen LogP contribution is 2.33. The molecule has 0 aliphatic carbocycles. The van der Waals surface area contributed by atoms with E-state index in [1.54, 1.807) is 18.2 Å². The minimum atomic E-state index is -5.08. The lowest BCUT2D eigenvalue weighted by molar-refractivity contribution is -0.192. The van der Waals surface area contributed by atoms with Crippen LogP contribution in [0.15, 0.2) is 47.5 Å². The summed E-state index contributed by atoms with van der Waals surface area (Å²) in [5.74, 6) is -1.32. The Hall–Kier alpha value is -4.04. The van der Waals surface area contributed by atoms with Crippen LogP contribution in [0.1, 0.15) is 28.8 Å². The zero-order valence-electron chi connectivity index (χ0n) is 22.1. The summed E-state index contributed by atoms with van der Waals surface area (Å²) in [6, 6.07) is 13.0. The van der Waals surface area contributed by atoms with E-state index in [1.807, 2.05) is 12.1 Å². The average Bonchev–Trinajstić information content (AvgIpc) is 3.63. The number of nitrogens with zero attached hydrogens (tertiary/aromatic N) is 3. The van der Waals surface area contributed by atoms with Gasteiger partial charge in [0.2, 0.25) is 6.79 Å². The lowest BCUT2D eigenvalue weighted by Crippen LogP contribution is -2.50. The molecule has 2 aromatic rings. The number of aliphatic carboxylic acids is 1. The molecule has 222 valence electrons. The number of carbonyl (C=O) groups is 2. The van der Waals surface area contributed by atoms with E-state index in [0.29, 0.717) is 12.2 Å². The number of hydrogen-bond donors (Lipinski definition) is 3. The second-order valence-electron chi connectivity index (χ2n) is 9.56. The topological polar surface area (TPSA) is 133 Å². The first kappa shape index (κ1) is 29.9. The smallest absolute Gasteiger partial charge is 0.478 e. The number of benzene rings is 2. The molecule has 0 radical (unpaired) electrons. The first-order valence-electron chi connectivity index (χ1n) is 13.0. The van der Waals surface area contributed by atoms with E-state index in [-0.39, 0.29) is 18.5 Å². The molecule has 3 heterocycles. The van der Waals surface area contributed by atoms with Gasteiger partial charge in [0.25, 0.3) is 0 Å². The van der Waals surface area contributed by atoms with Crippen molar-refractivity contribution in [2.75, 3.05) is 51.4 Å². The van der Waals surface area contributed by atoms with Crippen LogP contribution in [0.5, 0.6) is 11.5 Å². The number of ether oxygens (including phenoxy) is 3. The van der Waals surface area contributed by atoms with Crippen LogP contribution in [-0.2, 0) is 16.1 Å². The summed E-state index contributed by atoms with van der Waals surface area (Å²) >= 11 is 0. The number of anilines is 1. The molecule has 1 atom stereocenters. The average molecular weight is 581 g/mol. The SMILES string of the molecule is O=C(O)C(F)(F)F.O=C(O)c1cccc(NC(=NCC2CCCO2)N2CCN(Cc3ccc4c(c3)OCO4)CC2)c1. The molecule has 3 N–H and O–H groups in total. The van der Waals surface area contributed by atoms with Gasteiger partial charge in [-0.3, -0.25) is 9.89 Å². The molecule has 0 aromatic heterocycles. The maximum Gasteiger partial charge on any atom is 0.490 e. The summed E-state index contributed by atoms with van der Waals surface area (Å²) in [6.07, 6.45) is -2.84. The van der Waals surface area contributed by atoms with Crippen LogP contribution in [0.2, 0.25) is 0 Å². The Morgan fingerprint density at radius 2 is 1.76 bits per heavy atom. The lowest BCUT2D eigenvalue weighted by Gasteiger charge is -2.36. The van der Waals surface area contributed by atoms with Gasteiger partial charge in [0.15, 0.2) is 17.5 Å². The number of aliphatic imine (C=N–C) groups is 1. The minimum absolute atomic E-state index is 0.148. The summed E-state index contributed by atoms with van der Waals surface area (Å²) in [5, 5.41) is 19.8. The molecule has 1 unspecified atom stereocenters. The van der Waals surface area contributed by atoms with Crippen molar-refractivity contribution in [1.82, 2.24) is 9.80 Å². The van der Waals surface area contributed by atoms with Gasteiger partial charge in [0.1, 0.15) is 0 Å². The summed E-state index contributed by atoms with van der Waals surface area (Å²) in [5.41, 5.74) is 2.17. The van der Waals surface area contributed by atoms with Gasteiger partial charge in [-0.25, -0.2) is 9.59 Å². The standard InChI is InChI=1S/C25H30N4O5.C2HF3O2/c30-24(31)19-3-1-4-20(14-19)27-25(26-15-21-5-2-12-32-21)29-10-8-28(9-11-29)16-18-6-7-22-23(13-18)34-17-33-22;3-2(4,5)1(6)7/h1,3-4,6-7,13-14,21H,2,5,8-12,15-17H2,(H,26,27)(H,30,31);(H,6,7). The van der Waals surface area contributed by atoms with Gasteiger partial charge in [-0.1, -0.05) is 12.1 Å². The molecule has 2 fully saturated rings. The Kier molecular flexibility index (Phi) is 9.89. The second-order valence-corrected chi connectivity index (χ2v) is 9.56. The van der Waals surface area contributed by atoms with Gasteiger partial charge in [0, 0.05) is 45.0 Å². The maximum absolute atomic E-state index is 11.4. The van der Waals surface area contributed by atoms with Gasteiger partial charge in [-0.2, -0.15) is 13.2 Å². The molecule has 14 heteroatoms. The van der Waals surface area contributed by atoms with Gasteiger partial charge >= 0.3 is 18.1 Å². The quantitative estimate of drug-likeness (QED) is 0.344. The number of carboxylic acids is 2. The van der Waals surface area contributed by atoms with Crippen molar-refractivity contribution in [2.24, 2.45) is 4.99 Å². The van der Waals surface area contributed by atoms with Crippen LogP contribution in [0.25, 0.3) is 0 Å². The van der Waals surface area contributed by atoms with Gasteiger partial charge in [0.05, 0.1) is 18.2 Å². The van der Waals surface area contributed by atoms with Crippen LogP contribution in [0.3, 0.4) is 0 Å². The van der Waals surface area contributed by atoms with Crippen molar-refractivity contribution in [2.45, 2.75) is 31.7 Å². The molecule has 0 amide bonds. The normalized spacial score (nSPS) is 19.0. The molecule has 0 spiro atoms. The number of alkyl halides is 3. The number of aromatic carboxylic acids is 1. The molecule has 3 aliphatic rings. The molecule has 0 saturated carbocycles. The fraction of sp³-hybridized carbons (Fsp3) is 0.444. The molecule has 11 nitrogen and oxygen atoms in total. The number of hydrogen-bond acceptors (Lipinski definition) is 7. The Balaban J connectivity index is 0.000000493. The maximum atomic E-state index is 11.4. The number of fused-ring (bicyclic) bond motifs is 1. The summed E-state index contributed by atoms with van der Waals surface area (Å²) in [4.78, 5) is 29.8. The number of carboxylic acid groups (broad SMARTS) is 2. The van der Waals surface area contributed by atoms with E-state index < -0.39 is 18.1 Å². The minimum Gasteiger partial charge on any atom is -0.478 e. The van der Waals surface area contributed by atoms with Crippen molar-refractivity contribution in [3.05, 3.63) is 53.6 Å². The van der Waals surface area contributed by atoms with Crippen LogP contribution in [0.4, 0.5) is 18.9 Å². The molecule has 3 aliphatic heterocycles. The molecular formula is C27H31F3N4O7. The van der Waals surface area contributed by atoms with Crippen LogP contribution in [-0.4, -0.2) is 96.3 Å². The predicted octanol–water partition coefficient (Wildman–Crippen LogP) is 3.51. The van der Waals surface area contributed by atoms with Crippen LogP contribution < -0.4 is 14.8 Å². The van der Waals surface area contributed by atoms with Crippen molar-refractivity contribution in [3.8, 4) is 11.5 Å². The second kappa shape index (κ2) is 13.5. The van der Waals surface area contributed by atoms with E-state index in [2.05, 4.69) is 27.2 Å². The van der Waals surface area contributed by atoms with Gasteiger partial charge in [-0.05, 0) is 48.7 Å². The van der Waals surface area contributed by atoms with E-state index in [4.69, 9.17) is 29.1 Å². The molecule has 41 heavy (non-hydrogen) atoms. The molecule has 2 aromatic carbocycles. The van der Waals surface area contributed by atoms with E-state index in [9.17, 15) is 23.1 Å². The van der Waals surface area contributed by atoms with E-state index in [1.165, 1.54) is 5.56 Å². The number of nitrogens with one attached hydrogen (secondary N) is 1. The number of halogens is 3. The van der Waals surface area contributed by atoms with Crippen molar-refractivity contribution >= 4 is 23.6 Å². The predicted molar refractivity (Wildman–Crippen MR) is 141 cm³/mol. The fourth-order valence-corrected chi connectivity index (χ4v) is 4.47. The van der Waals surface area contributed by atoms with Crippen LogP contribution >= 0.6 is 0 Å². The highest BCUT2D eigenvalue weighted by Gasteiger charge is 2.38. The molecule has 0 bridgehead atoms. The first-order valence-corrected chi connectivity index (χ1v) is 13.0. The highest BCUT2D eigenvalue weighted by molar-refractivity contribution is 5.95. The van der Waals surface area contributed by atoms with Gasteiger partial charge in [-0.15, -0.1) is 0 Å². The van der Waals surface area contributed by atoms with Crippen molar-refractivity contribution < 1.29 is 47.2 Å². The number of guanidine groups is 1. The Morgan fingerprint density at radius 1 is 1.02 bits per heavy atom. The van der Waals surface area contributed by atoms with Gasteiger partial charge < -0.3 is 34.6 Å². The molecule has 5 rings (SSSR count). The zero-order chi connectivity index (χ0) is 29.4. The lowest BCUT2D eigenvalue weighted by atomic mass is 10.1. The summed E-state index contributed by atoms with van der Waals surface area (Å²) in [7, 11) is 0. The zero-order valence-corrected chi connectivity index (χ0v) is 22.1. The third kappa shape index (κ3) is 8.72. The van der Waals surface area contributed by atoms with E-state index in [0.717, 1.165) is 69.6 Å². The molecular weight excluding hydrogens is 549 g/mol. The van der Waals surface area contributed by atoms with Crippen LogP contribution in [0, 0.1) is 0 Å². The summed E-state index contributed by atoms with van der Waals surface area (Å²) < 4.78 is 48.4. The number of piperazine rings is 1. The molecule has 2 saturated heterocycles. The van der Waals surface area contributed by atoms with E-state index >= 15 is 0 Å². The first-order chi connectivity index (χ1) is 19.6. The third-order valence-corrected chi connectivity index (χ3v) is 6.59. The summed E-state index contributed by atoms with van der Waals surface area (Å²) in [6.45, 7) is 5.95. The monoisotopic (exact) mass is 580 g/mol. The fourth-order valence-electron chi connectivity index (χ4n) is 4.47. The number of rotatable bonds is 6. The Morgan fingerprint density at radius 3 is 2.41 bits per heavy atom.